The summed E-state index contributed by atoms with van der Waals surface area (Å²) in [6.45, 7) is 2.17. The van der Waals surface area contributed by atoms with Crippen LogP contribution >= 0.6 is 0 Å². The SMILES string of the molecule is Cc1cccc(NC2CCC23CCCCC3)c1. The van der Waals surface area contributed by atoms with E-state index in [-0.39, 0.29) is 0 Å². The van der Waals surface area contributed by atoms with Crippen molar-refractivity contribution in [3.8, 4) is 0 Å². The predicted octanol–water partition coefficient (Wildman–Crippen LogP) is 4.52. The Labute approximate surface area is 105 Å². The van der Waals surface area contributed by atoms with E-state index in [1.165, 1.54) is 56.2 Å². The Morgan fingerprint density at radius 1 is 1.12 bits per heavy atom. The van der Waals surface area contributed by atoms with Crippen LogP contribution in [0.3, 0.4) is 0 Å². The van der Waals surface area contributed by atoms with Crippen molar-refractivity contribution < 1.29 is 0 Å². The van der Waals surface area contributed by atoms with Crippen molar-refractivity contribution in [3.63, 3.8) is 0 Å². The predicted molar refractivity (Wildman–Crippen MR) is 73.3 cm³/mol. The maximum Gasteiger partial charge on any atom is 0.0345 e. The van der Waals surface area contributed by atoms with E-state index in [1.807, 2.05) is 0 Å². The zero-order valence-corrected chi connectivity index (χ0v) is 10.8. The largest absolute Gasteiger partial charge is 0.382 e. The summed E-state index contributed by atoms with van der Waals surface area (Å²) in [5, 5.41) is 3.78. The van der Waals surface area contributed by atoms with E-state index >= 15 is 0 Å². The summed E-state index contributed by atoms with van der Waals surface area (Å²) in [7, 11) is 0. The monoisotopic (exact) mass is 229 g/mol. The Bertz CT molecular complexity index is 390. The van der Waals surface area contributed by atoms with Crippen LogP contribution in [0.25, 0.3) is 0 Å². The van der Waals surface area contributed by atoms with Crippen molar-refractivity contribution in [2.24, 2.45) is 5.41 Å². The van der Waals surface area contributed by atoms with Crippen molar-refractivity contribution >= 4 is 5.69 Å². The van der Waals surface area contributed by atoms with Gasteiger partial charge in [0.25, 0.3) is 0 Å². The standard InChI is InChI=1S/C16H23N/c1-13-6-5-7-14(12-13)17-15-8-11-16(15)9-3-2-4-10-16/h5-7,12,15,17H,2-4,8-11H2,1H3. The number of hydrogen-bond acceptors (Lipinski definition) is 1. The molecule has 0 amide bonds. The van der Waals surface area contributed by atoms with Crippen LogP contribution in [-0.4, -0.2) is 6.04 Å². The van der Waals surface area contributed by atoms with Gasteiger partial charge in [-0.25, -0.2) is 0 Å². The minimum atomic E-state index is 0.655. The molecule has 1 unspecified atom stereocenters. The van der Waals surface area contributed by atoms with Gasteiger partial charge in [-0.2, -0.15) is 0 Å². The van der Waals surface area contributed by atoms with Gasteiger partial charge in [0.05, 0.1) is 0 Å². The topological polar surface area (TPSA) is 12.0 Å². The summed E-state index contributed by atoms with van der Waals surface area (Å²) in [6.07, 6.45) is 10.1. The van der Waals surface area contributed by atoms with E-state index in [4.69, 9.17) is 0 Å². The number of hydrogen-bond donors (Lipinski definition) is 1. The summed E-state index contributed by atoms with van der Waals surface area (Å²) in [6, 6.07) is 9.55. The molecule has 1 N–H and O–H groups in total. The highest BCUT2D eigenvalue weighted by Gasteiger charge is 2.46. The average Bonchev–Trinajstić information content (AvgIpc) is 2.36. The van der Waals surface area contributed by atoms with Gasteiger partial charge in [0.1, 0.15) is 0 Å². The van der Waals surface area contributed by atoms with Gasteiger partial charge in [0, 0.05) is 11.7 Å². The number of rotatable bonds is 2. The molecule has 0 radical (unpaired) electrons. The van der Waals surface area contributed by atoms with E-state index in [1.54, 1.807) is 0 Å². The summed E-state index contributed by atoms with van der Waals surface area (Å²) >= 11 is 0. The second-order valence-corrected chi connectivity index (χ2v) is 6.03. The van der Waals surface area contributed by atoms with Gasteiger partial charge in [-0.1, -0.05) is 31.4 Å². The molecule has 0 saturated heterocycles. The highest BCUT2D eigenvalue weighted by atomic mass is 15.0. The lowest BCUT2D eigenvalue weighted by Crippen LogP contribution is -2.50. The number of aryl methyl sites for hydroxylation is 1. The second kappa shape index (κ2) is 4.36. The smallest absolute Gasteiger partial charge is 0.0345 e. The highest BCUT2D eigenvalue weighted by molar-refractivity contribution is 5.47. The first-order chi connectivity index (χ1) is 8.28. The molecule has 3 rings (SSSR count). The molecule has 1 aromatic carbocycles. The van der Waals surface area contributed by atoms with Gasteiger partial charge in [-0.05, 0) is 55.7 Å². The van der Waals surface area contributed by atoms with Gasteiger partial charge in [0.15, 0.2) is 0 Å². The van der Waals surface area contributed by atoms with E-state index in [0.717, 1.165) is 6.04 Å². The lowest BCUT2D eigenvalue weighted by molar-refractivity contribution is 0.0571. The third-order valence-electron chi connectivity index (χ3n) is 4.88. The quantitative estimate of drug-likeness (QED) is 0.786. The molecule has 2 aliphatic carbocycles. The molecule has 0 aliphatic heterocycles. The average molecular weight is 229 g/mol. The highest BCUT2D eigenvalue weighted by Crippen LogP contribution is 2.52. The Morgan fingerprint density at radius 2 is 1.94 bits per heavy atom. The van der Waals surface area contributed by atoms with Crippen LogP contribution in [0.2, 0.25) is 0 Å². The van der Waals surface area contributed by atoms with Gasteiger partial charge < -0.3 is 5.32 Å². The second-order valence-electron chi connectivity index (χ2n) is 6.03. The maximum atomic E-state index is 3.78. The minimum Gasteiger partial charge on any atom is -0.382 e. The van der Waals surface area contributed by atoms with Crippen molar-refractivity contribution in [1.29, 1.82) is 0 Å². The van der Waals surface area contributed by atoms with Crippen molar-refractivity contribution in [2.75, 3.05) is 5.32 Å². The number of nitrogens with one attached hydrogen (secondary N) is 1. The Balaban J connectivity index is 1.69. The lowest BCUT2D eigenvalue weighted by atomic mass is 9.57. The zero-order chi connectivity index (χ0) is 11.7. The molecule has 2 fully saturated rings. The van der Waals surface area contributed by atoms with Gasteiger partial charge in [0.2, 0.25) is 0 Å². The molecule has 1 nitrogen and oxygen atoms in total. The molecule has 2 saturated carbocycles. The summed E-state index contributed by atoms with van der Waals surface area (Å²) in [5.74, 6) is 0. The van der Waals surface area contributed by atoms with Crippen LogP contribution in [0.1, 0.15) is 50.5 Å². The molecular formula is C16H23N. The molecule has 1 heteroatoms. The fourth-order valence-electron chi connectivity index (χ4n) is 3.71. The fourth-order valence-corrected chi connectivity index (χ4v) is 3.71. The normalized spacial score (nSPS) is 26.5. The van der Waals surface area contributed by atoms with E-state index in [0.29, 0.717) is 5.41 Å². The van der Waals surface area contributed by atoms with Crippen LogP contribution in [-0.2, 0) is 0 Å². The van der Waals surface area contributed by atoms with E-state index in [9.17, 15) is 0 Å². The van der Waals surface area contributed by atoms with Gasteiger partial charge in [-0.15, -0.1) is 0 Å². The lowest BCUT2D eigenvalue weighted by Gasteiger charge is -2.52. The third-order valence-corrected chi connectivity index (χ3v) is 4.88. The molecule has 0 aromatic heterocycles. The molecule has 92 valence electrons. The Kier molecular flexibility index (Phi) is 2.85. The molecule has 1 spiro atoms. The number of anilines is 1. The molecule has 0 bridgehead atoms. The molecule has 1 atom stereocenters. The molecule has 0 heterocycles. The molecule has 17 heavy (non-hydrogen) atoms. The van der Waals surface area contributed by atoms with E-state index < -0.39 is 0 Å². The third kappa shape index (κ3) is 2.08. The van der Waals surface area contributed by atoms with Crippen molar-refractivity contribution in [1.82, 2.24) is 0 Å². The Morgan fingerprint density at radius 3 is 2.59 bits per heavy atom. The van der Waals surface area contributed by atoms with E-state index in [2.05, 4.69) is 36.5 Å². The first-order valence-corrected chi connectivity index (χ1v) is 7.12. The summed E-state index contributed by atoms with van der Waals surface area (Å²) in [4.78, 5) is 0. The first-order valence-electron chi connectivity index (χ1n) is 7.12. The minimum absolute atomic E-state index is 0.655. The Hall–Kier alpha value is -0.980. The summed E-state index contributed by atoms with van der Waals surface area (Å²) in [5.41, 5.74) is 3.33. The maximum absolute atomic E-state index is 3.78. The van der Waals surface area contributed by atoms with Crippen LogP contribution in [0.4, 0.5) is 5.69 Å². The van der Waals surface area contributed by atoms with Gasteiger partial charge in [-0.3, -0.25) is 0 Å². The van der Waals surface area contributed by atoms with Crippen molar-refractivity contribution in [2.45, 2.75) is 57.9 Å². The summed E-state index contributed by atoms with van der Waals surface area (Å²) < 4.78 is 0. The fraction of sp³-hybridized carbons (Fsp3) is 0.625. The zero-order valence-electron chi connectivity index (χ0n) is 10.8. The van der Waals surface area contributed by atoms with Crippen LogP contribution < -0.4 is 5.32 Å². The first kappa shape index (κ1) is 11.1. The van der Waals surface area contributed by atoms with Crippen LogP contribution in [0.5, 0.6) is 0 Å². The van der Waals surface area contributed by atoms with Gasteiger partial charge >= 0.3 is 0 Å². The molecular weight excluding hydrogens is 206 g/mol. The number of benzene rings is 1. The molecule has 1 aromatic rings. The van der Waals surface area contributed by atoms with Crippen LogP contribution in [0.15, 0.2) is 24.3 Å². The van der Waals surface area contributed by atoms with Crippen molar-refractivity contribution in [3.05, 3.63) is 29.8 Å². The van der Waals surface area contributed by atoms with Crippen LogP contribution in [0, 0.1) is 12.3 Å². The molecule has 2 aliphatic rings.